The van der Waals surface area contributed by atoms with Crippen molar-refractivity contribution in [3.05, 3.63) is 53.2 Å². The predicted molar refractivity (Wildman–Crippen MR) is 127 cm³/mol. The molecule has 0 bridgehead atoms. The Morgan fingerprint density at radius 3 is 2.38 bits per heavy atom. The van der Waals surface area contributed by atoms with E-state index in [-0.39, 0.29) is 22.3 Å². The van der Waals surface area contributed by atoms with Crippen LogP contribution in [0.5, 0.6) is 17.2 Å². The number of aromatic amines is 1. The van der Waals surface area contributed by atoms with Crippen LogP contribution in [0.2, 0.25) is 0 Å². The van der Waals surface area contributed by atoms with Gasteiger partial charge in [-0.3, -0.25) is 13.9 Å². The third kappa shape index (κ3) is 4.49. The number of H-pyrrole nitrogens is 1. The first kappa shape index (κ1) is 23.4. The molecule has 12 heteroatoms. The highest BCUT2D eigenvalue weighted by Gasteiger charge is 2.23. The van der Waals surface area contributed by atoms with Crippen LogP contribution >= 0.6 is 0 Å². The van der Waals surface area contributed by atoms with Crippen LogP contribution in [-0.2, 0) is 23.1 Å². The van der Waals surface area contributed by atoms with Crippen molar-refractivity contribution in [3.63, 3.8) is 0 Å². The maximum Gasteiger partial charge on any atom is 0.329 e. The van der Waals surface area contributed by atoms with Gasteiger partial charge in [0.05, 0.1) is 23.3 Å². The first-order chi connectivity index (χ1) is 16.4. The highest BCUT2D eigenvalue weighted by Crippen LogP contribution is 2.36. The number of nitrogens with zero attached hydrogens (tertiary/aromatic N) is 4. The lowest BCUT2D eigenvalue weighted by Crippen LogP contribution is -2.23. The molecule has 0 spiro atoms. The Hall–Kier alpha value is -3.80. The highest BCUT2D eigenvalue weighted by molar-refractivity contribution is 7.92. The van der Waals surface area contributed by atoms with E-state index >= 15 is 0 Å². The molecule has 0 fully saturated rings. The Labute approximate surface area is 196 Å². The maximum absolute atomic E-state index is 12.9. The van der Waals surface area contributed by atoms with Crippen LogP contribution in [0.25, 0.3) is 11.0 Å². The van der Waals surface area contributed by atoms with Crippen LogP contribution in [0, 0.1) is 0 Å². The quantitative estimate of drug-likeness (QED) is 0.351. The van der Waals surface area contributed by atoms with E-state index in [2.05, 4.69) is 19.9 Å². The number of sulfonamides is 1. The molecule has 2 aromatic heterocycles. The van der Waals surface area contributed by atoms with Crippen molar-refractivity contribution in [1.82, 2.24) is 24.3 Å². The highest BCUT2D eigenvalue weighted by atomic mass is 32.2. The summed E-state index contributed by atoms with van der Waals surface area (Å²) in [7, 11) is -4.08. The van der Waals surface area contributed by atoms with Crippen LogP contribution in [0.15, 0.2) is 52.7 Å². The number of aromatic nitrogens is 5. The normalized spacial score (nSPS) is 11.6. The standard InChI is InChI=1S/C22H26N6O5S/c1-4-10-32-15-8-7-9-16(11-15)33-20-13-19-18(27(5-2)22(29)28(19)6-3)12-17(20)26-34(30,31)21-23-14-24-25-21/h7-9,11-14,26H,4-6,10H2,1-3H3,(H,23,24,25). The summed E-state index contributed by atoms with van der Waals surface area (Å²) in [6.45, 7) is 7.17. The molecule has 0 saturated heterocycles. The number of fused-ring (bicyclic) bond motifs is 1. The summed E-state index contributed by atoms with van der Waals surface area (Å²) in [5, 5.41) is 5.62. The Morgan fingerprint density at radius 2 is 1.74 bits per heavy atom. The maximum atomic E-state index is 12.9. The van der Waals surface area contributed by atoms with Gasteiger partial charge in [-0.25, -0.2) is 14.9 Å². The van der Waals surface area contributed by atoms with Crippen LogP contribution < -0.4 is 19.9 Å². The molecule has 0 aliphatic rings. The van der Waals surface area contributed by atoms with Crippen LogP contribution in [-0.4, -0.2) is 39.3 Å². The largest absolute Gasteiger partial charge is 0.493 e. The minimum Gasteiger partial charge on any atom is -0.493 e. The smallest absolute Gasteiger partial charge is 0.329 e. The topological polar surface area (TPSA) is 133 Å². The number of imidazole rings is 1. The summed E-state index contributed by atoms with van der Waals surface area (Å²) in [5.41, 5.74) is 1.18. The number of hydrogen-bond acceptors (Lipinski definition) is 7. The molecule has 2 N–H and O–H groups in total. The van der Waals surface area contributed by atoms with E-state index in [0.29, 0.717) is 42.2 Å². The summed E-state index contributed by atoms with van der Waals surface area (Å²) in [6, 6.07) is 10.3. The van der Waals surface area contributed by atoms with Crippen molar-refractivity contribution in [2.75, 3.05) is 11.3 Å². The number of anilines is 1. The summed E-state index contributed by atoms with van der Waals surface area (Å²) >= 11 is 0. The first-order valence-electron chi connectivity index (χ1n) is 10.9. The molecule has 11 nitrogen and oxygen atoms in total. The van der Waals surface area contributed by atoms with Crippen LogP contribution in [0.3, 0.4) is 0 Å². The van der Waals surface area contributed by atoms with Gasteiger partial charge < -0.3 is 9.47 Å². The zero-order valence-corrected chi connectivity index (χ0v) is 19.9. The van der Waals surface area contributed by atoms with E-state index in [1.54, 1.807) is 39.5 Å². The van der Waals surface area contributed by atoms with Gasteiger partial charge in [0.2, 0.25) is 0 Å². The Balaban J connectivity index is 1.84. The van der Waals surface area contributed by atoms with Crippen molar-refractivity contribution < 1.29 is 17.9 Å². The molecule has 4 rings (SSSR count). The van der Waals surface area contributed by atoms with E-state index in [1.807, 2.05) is 26.8 Å². The number of ether oxygens (including phenoxy) is 2. The molecule has 2 aromatic carbocycles. The molecule has 0 radical (unpaired) electrons. The van der Waals surface area contributed by atoms with Crippen molar-refractivity contribution in [2.45, 2.75) is 45.4 Å². The second kappa shape index (κ2) is 9.59. The van der Waals surface area contributed by atoms with E-state index in [1.165, 1.54) is 0 Å². The van der Waals surface area contributed by atoms with Gasteiger partial charge in [-0.05, 0) is 38.5 Å². The minimum absolute atomic E-state index is 0.152. The molecular weight excluding hydrogens is 460 g/mol. The van der Waals surface area contributed by atoms with E-state index in [0.717, 1.165) is 12.7 Å². The molecular formula is C22H26N6O5S. The van der Waals surface area contributed by atoms with Crippen molar-refractivity contribution in [2.24, 2.45) is 0 Å². The number of benzene rings is 2. The minimum atomic E-state index is -4.08. The Morgan fingerprint density at radius 1 is 1.03 bits per heavy atom. The SMILES string of the molecule is CCCOc1cccc(Oc2cc3c(cc2NS(=O)(=O)c2ncn[nH]2)n(CC)c(=O)n3CC)c1. The Kier molecular flexibility index (Phi) is 6.59. The van der Waals surface area contributed by atoms with Gasteiger partial charge in [0.15, 0.2) is 5.75 Å². The van der Waals surface area contributed by atoms with Gasteiger partial charge in [0, 0.05) is 25.2 Å². The number of rotatable bonds is 10. The van der Waals surface area contributed by atoms with Crippen LogP contribution in [0.1, 0.15) is 27.2 Å². The van der Waals surface area contributed by atoms with E-state index in [9.17, 15) is 13.2 Å². The van der Waals surface area contributed by atoms with Gasteiger partial charge in [0.1, 0.15) is 17.8 Å². The fraction of sp³-hybridized carbons (Fsp3) is 0.318. The van der Waals surface area contributed by atoms with Gasteiger partial charge >= 0.3 is 5.69 Å². The number of nitrogens with one attached hydrogen (secondary N) is 2. The lowest BCUT2D eigenvalue weighted by atomic mass is 10.2. The third-order valence-electron chi connectivity index (χ3n) is 5.15. The summed E-state index contributed by atoms with van der Waals surface area (Å²) in [5.74, 6) is 1.30. The van der Waals surface area contributed by atoms with E-state index < -0.39 is 10.0 Å². The molecule has 2 heterocycles. The molecule has 0 aliphatic carbocycles. The first-order valence-corrected chi connectivity index (χ1v) is 12.4. The monoisotopic (exact) mass is 486 g/mol. The van der Waals surface area contributed by atoms with Crippen LogP contribution in [0.4, 0.5) is 5.69 Å². The zero-order valence-electron chi connectivity index (χ0n) is 19.1. The lowest BCUT2D eigenvalue weighted by Gasteiger charge is -2.15. The van der Waals surface area contributed by atoms with Gasteiger partial charge in [0.25, 0.3) is 15.2 Å². The van der Waals surface area contributed by atoms with Gasteiger partial charge in [-0.2, -0.15) is 13.5 Å². The lowest BCUT2D eigenvalue weighted by molar-refractivity contribution is 0.316. The second-order valence-electron chi connectivity index (χ2n) is 7.43. The zero-order chi connectivity index (χ0) is 24.3. The summed E-state index contributed by atoms with van der Waals surface area (Å²) in [6.07, 6.45) is 1.96. The fourth-order valence-electron chi connectivity index (χ4n) is 3.61. The van der Waals surface area contributed by atoms with Crippen molar-refractivity contribution >= 4 is 26.7 Å². The Bertz CT molecular complexity index is 1460. The molecule has 0 aliphatic heterocycles. The molecule has 4 aromatic rings. The third-order valence-corrected chi connectivity index (χ3v) is 6.34. The summed E-state index contributed by atoms with van der Waals surface area (Å²) in [4.78, 5) is 16.6. The predicted octanol–water partition coefficient (Wildman–Crippen LogP) is 3.34. The molecule has 0 atom stereocenters. The molecule has 0 amide bonds. The second-order valence-corrected chi connectivity index (χ2v) is 9.03. The molecule has 0 unspecified atom stereocenters. The number of aryl methyl sites for hydroxylation is 2. The molecule has 180 valence electrons. The average molecular weight is 487 g/mol. The fourth-order valence-corrected chi connectivity index (χ4v) is 4.51. The van der Waals surface area contributed by atoms with Crippen molar-refractivity contribution in [1.29, 1.82) is 0 Å². The van der Waals surface area contributed by atoms with Gasteiger partial charge in [-0.15, -0.1) is 0 Å². The van der Waals surface area contributed by atoms with Crippen molar-refractivity contribution in [3.8, 4) is 17.2 Å². The number of hydrogen-bond donors (Lipinski definition) is 2. The van der Waals surface area contributed by atoms with E-state index in [4.69, 9.17) is 9.47 Å². The molecule has 0 saturated carbocycles. The van der Waals surface area contributed by atoms with Gasteiger partial charge in [-0.1, -0.05) is 13.0 Å². The average Bonchev–Trinajstić information content (AvgIpc) is 3.45. The molecule has 34 heavy (non-hydrogen) atoms. The summed E-state index contributed by atoms with van der Waals surface area (Å²) < 4.78 is 43.2.